The van der Waals surface area contributed by atoms with Crippen molar-refractivity contribution >= 4 is 34.8 Å². The number of benzene rings is 3. The monoisotopic (exact) mass is 469 g/mol. The van der Waals surface area contributed by atoms with Gasteiger partial charge >= 0.3 is 6.18 Å². The molecule has 1 N–H and O–H groups in total. The molecule has 0 bridgehead atoms. The summed E-state index contributed by atoms with van der Waals surface area (Å²) in [6.45, 7) is 0.235. The number of nitrogens with one attached hydrogen (secondary N) is 1. The van der Waals surface area contributed by atoms with Crippen molar-refractivity contribution in [2.75, 3.05) is 12.4 Å². The number of anilines is 1. The van der Waals surface area contributed by atoms with Crippen LogP contribution in [0.1, 0.15) is 21.5 Å². The van der Waals surface area contributed by atoms with Gasteiger partial charge in [-0.1, -0.05) is 35.3 Å². The molecule has 0 spiro atoms. The lowest BCUT2D eigenvalue weighted by Gasteiger charge is -2.15. The summed E-state index contributed by atoms with van der Waals surface area (Å²) in [5.41, 5.74) is -0.471. The zero-order valence-electron chi connectivity index (χ0n) is 16.1. The van der Waals surface area contributed by atoms with Gasteiger partial charge in [-0.3, -0.25) is 4.79 Å². The van der Waals surface area contributed by atoms with Crippen LogP contribution in [-0.4, -0.2) is 13.0 Å². The van der Waals surface area contributed by atoms with Crippen LogP contribution in [0.25, 0.3) is 0 Å². The first kappa shape index (κ1) is 22.8. The summed E-state index contributed by atoms with van der Waals surface area (Å²) in [7, 11) is 1.40. The highest BCUT2D eigenvalue weighted by atomic mass is 35.5. The number of hydrogen-bond donors (Lipinski definition) is 1. The molecule has 0 aliphatic heterocycles. The Morgan fingerprint density at radius 3 is 2.26 bits per heavy atom. The fourth-order valence-electron chi connectivity index (χ4n) is 2.72. The van der Waals surface area contributed by atoms with Crippen molar-refractivity contribution in [3.05, 3.63) is 87.4 Å². The Kier molecular flexibility index (Phi) is 6.97. The van der Waals surface area contributed by atoms with Crippen molar-refractivity contribution in [3.8, 4) is 11.5 Å². The van der Waals surface area contributed by atoms with Gasteiger partial charge in [0, 0.05) is 15.6 Å². The molecule has 3 aromatic rings. The first-order chi connectivity index (χ1) is 14.7. The smallest absolute Gasteiger partial charge is 0.418 e. The average molecular weight is 470 g/mol. The lowest BCUT2D eigenvalue weighted by molar-refractivity contribution is -0.136. The largest absolute Gasteiger partial charge is 0.493 e. The molecule has 31 heavy (non-hydrogen) atoms. The van der Waals surface area contributed by atoms with Crippen LogP contribution in [0.5, 0.6) is 11.5 Å². The highest BCUT2D eigenvalue weighted by molar-refractivity contribution is 6.31. The predicted octanol–water partition coefficient (Wildman–Crippen LogP) is 6.85. The number of ether oxygens (including phenoxy) is 2. The van der Waals surface area contributed by atoms with Crippen molar-refractivity contribution < 1.29 is 27.4 Å². The Bertz CT molecular complexity index is 1090. The molecule has 0 radical (unpaired) electrons. The molecule has 0 fully saturated rings. The van der Waals surface area contributed by atoms with E-state index in [0.29, 0.717) is 10.8 Å². The zero-order valence-corrected chi connectivity index (χ0v) is 17.6. The minimum absolute atomic E-state index is 0.0887. The van der Waals surface area contributed by atoms with Gasteiger partial charge in [0.05, 0.1) is 18.4 Å². The Morgan fingerprint density at radius 1 is 0.935 bits per heavy atom. The molecule has 0 aliphatic rings. The molecule has 162 valence electrons. The van der Waals surface area contributed by atoms with Gasteiger partial charge in [-0.05, 0) is 54.1 Å². The second-order valence-corrected chi connectivity index (χ2v) is 7.30. The molecule has 3 rings (SSSR count). The van der Waals surface area contributed by atoms with E-state index in [0.717, 1.165) is 17.7 Å². The third kappa shape index (κ3) is 5.83. The van der Waals surface area contributed by atoms with E-state index in [1.165, 1.54) is 31.4 Å². The molecule has 0 saturated carbocycles. The minimum Gasteiger partial charge on any atom is -0.493 e. The molecule has 0 aliphatic carbocycles. The van der Waals surface area contributed by atoms with Crippen LogP contribution >= 0.6 is 23.2 Å². The number of carbonyl (C=O) groups excluding carboxylic acids is 1. The SMILES string of the molecule is COc1cc(C(=O)Nc2ccc(Cl)cc2C(F)(F)F)ccc1OCc1ccc(Cl)cc1. The van der Waals surface area contributed by atoms with Crippen LogP contribution < -0.4 is 14.8 Å². The molecule has 0 atom stereocenters. The van der Waals surface area contributed by atoms with Gasteiger partial charge in [-0.2, -0.15) is 13.2 Å². The van der Waals surface area contributed by atoms with Gasteiger partial charge in [-0.25, -0.2) is 0 Å². The van der Waals surface area contributed by atoms with Crippen LogP contribution in [0.4, 0.5) is 18.9 Å². The second-order valence-electron chi connectivity index (χ2n) is 6.42. The van der Waals surface area contributed by atoms with E-state index >= 15 is 0 Å². The first-order valence-electron chi connectivity index (χ1n) is 8.91. The first-order valence-corrected chi connectivity index (χ1v) is 9.66. The van der Waals surface area contributed by atoms with Crippen molar-refractivity contribution in [1.29, 1.82) is 0 Å². The maximum atomic E-state index is 13.2. The number of amides is 1. The summed E-state index contributed by atoms with van der Waals surface area (Å²) < 4.78 is 50.7. The Balaban J connectivity index is 1.78. The molecule has 1 amide bonds. The normalized spacial score (nSPS) is 11.2. The van der Waals surface area contributed by atoms with Crippen LogP contribution in [-0.2, 0) is 12.8 Å². The fourth-order valence-corrected chi connectivity index (χ4v) is 3.02. The molecular formula is C22H16Cl2F3NO3. The highest BCUT2D eigenvalue weighted by Gasteiger charge is 2.34. The topological polar surface area (TPSA) is 47.6 Å². The zero-order chi connectivity index (χ0) is 22.6. The van der Waals surface area contributed by atoms with Crippen LogP contribution in [0.3, 0.4) is 0 Å². The quantitative estimate of drug-likeness (QED) is 0.429. The molecule has 4 nitrogen and oxygen atoms in total. The summed E-state index contributed by atoms with van der Waals surface area (Å²) in [5.74, 6) is -0.111. The summed E-state index contributed by atoms with van der Waals surface area (Å²) in [6, 6.07) is 14.5. The van der Waals surface area contributed by atoms with E-state index in [4.69, 9.17) is 32.7 Å². The molecule has 3 aromatic carbocycles. The van der Waals surface area contributed by atoms with Crippen molar-refractivity contribution in [1.82, 2.24) is 0 Å². The third-order valence-electron chi connectivity index (χ3n) is 4.27. The molecule has 9 heteroatoms. The number of methoxy groups -OCH3 is 1. The van der Waals surface area contributed by atoms with Crippen LogP contribution in [0.15, 0.2) is 60.7 Å². The Labute approximate surface area is 186 Å². The van der Waals surface area contributed by atoms with E-state index in [-0.39, 0.29) is 22.9 Å². The molecule has 0 aromatic heterocycles. The van der Waals surface area contributed by atoms with Gasteiger partial charge in [0.15, 0.2) is 11.5 Å². The number of hydrogen-bond acceptors (Lipinski definition) is 3. The van der Waals surface area contributed by atoms with Gasteiger partial charge in [0.25, 0.3) is 5.91 Å². The van der Waals surface area contributed by atoms with Gasteiger partial charge in [0.1, 0.15) is 6.61 Å². The van der Waals surface area contributed by atoms with E-state index < -0.39 is 23.3 Å². The number of carbonyl (C=O) groups is 1. The predicted molar refractivity (Wildman–Crippen MR) is 113 cm³/mol. The van der Waals surface area contributed by atoms with E-state index in [2.05, 4.69) is 5.32 Å². The van der Waals surface area contributed by atoms with Gasteiger partial charge < -0.3 is 14.8 Å². The van der Waals surface area contributed by atoms with Crippen molar-refractivity contribution in [2.24, 2.45) is 0 Å². The molecule has 0 saturated heterocycles. The lowest BCUT2D eigenvalue weighted by Crippen LogP contribution is -2.16. The third-order valence-corrected chi connectivity index (χ3v) is 4.76. The van der Waals surface area contributed by atoms with E-state index in [9.17, 15) is 18.0 Å². The molecule has 0 unspecified atom stereocenters. The lowest BCUT2D eigenvalue weighted by atomic mass is 10.1. The Hall–Kier alpha value is -2.90. The van der Waals surface area contributed by atoms with Gasteiger partial charge in [-0.15, -0.1) is 0 Å². The van der Waals surface area contributed by atoms with Crippen molar-refractivity contribution in [2.45, 2.75) is 12.8 Å². The number of alkyl halides is 3. The molecule has 0 heterocycles. The summed E-state index contributed by atoms with van der Waals surface area (Å²) in [5, 5.41) is 2.78. The van der Waals surface area contributed by atoms with E-state index in [1.807, 2.05) is 0 Å². The maximum absolute atomic E-state index is 13.2. The van der Waals surface area contributed by atoms with E-state index in [1.54, 1.807) is 24.3 Å². The van der Waals surface area contributed by atoms with Crippen LogP contribution in [0, 0.1) is 0 Å². The molecular weight excluding hydrogens is 454 g/mol. The summed E-state index contributed by atoms with van der Waals surface area (Å²) >= 11 is 11.5. The number of rotatable bonds is 6. The van der Waals surface area contributed by atoms with Gasteiger partial charge in [0.2, 0.25) is 0 Å². The maximum Gasteiger partial charge on any atom is 0.418 e. The summed E-state index contributed by atoms with van der Waals surface area (Å²) in [6.07, 6.45) is -4.68. The fraction of sp³-hybridized carbons (Fsp3) is 0.136. The average Bonchev–Trinajstić information content (AvgIpc) is 2.73. The van der Waals surface area contributed by atoms with Crippen LogP contribution in [0.2, 0.25) is 10.0 Å². The second kappa shape index (κ2) is 9.49. The summed E-state index contributed by atoms with van der Waals surface area (Å²) in [4.78, 5) is 12.5. The highest BCUT2D eigenvalue weighted by Crippen LogP contribution is 2.37. The Morgan fingerprint density at radius 2 is 1.61 bits per heavy atom. The standard InChI is InChI=1S/C22H16Cl2F3NO3/c1-30-20-10-14(4-9-19(20)31-12-13-2-5-15(23)6-3-13)21(29)28-18-8-7-16(24)11-17(18)22(25,26)27/h2-11H,12H2,1H3,(H,28,29). The minimum atomic E-state index is -4.68. The number of halogens is 5. The van der Waals surface area contributed by atoms with Crippen molar-refractivity contribution in [3.63, 3.8) is 0 Å².